The van der Waals surface area contributed by atoms with E-state index in [0.717, 1.165) is 12.1 Å². The molecule has 1 saturated heterocycles. The van der Waals surface area contributed by atoms with Gasteiger partial charge in [0.25, 0.3) is 5.91 Å². The first-order valence-corrected chi connectivity index (χ1v) is 8.18. The van der Waals surface area contributed by atoms with Crippen molar-refractivity contribution in [2.45, 2.75) is 52.7 Å². The summed E-state index contributed by atoms with van der Waals surface area (Å²) >= 11 is 0. The molecule has 1 amide bonds. The van der Waals surface area contributed by atoms with Gasteiger partial charge < -0.3 is 14.2 Å². The highest BCUT2D eigenvalue weighted by Gasteiger charge is 2.52. The Balaban J connectivity index is 2.37. The van der Waals surface area contributed by atoms with E-state index in [0.29, 0.717) is 13.1 Å². The maximum atomic E-state index is 14.5. The number of nitrogens with zero attached hydrogens (tertiary/aromatic N) is 1. The zero-order valence-electron chi connectivity index (χ0n) is 15.1. The van der Waals surface area contributed by atoms with Gasteiger partial charge in [-0.25, -0.2) is 8.78 Å². The summed E-state index contributed by atoms with van der Waals surface area (Å²) in [6, 6.07) is 1.92. The van der Waals surface area contributed by atoms with E-state index in [9.17, 15) is 13.6 Å². The number of hydrogen-bond donors (Lipinski definition) is 0. The smallest absolute Gasteiger partial charge is 0.399 e. The third-order valence-electron chi connectivity index (χ3n) is 4.87. The Labute approximate surface area is 142 Å². The van der Waals surface area contributed by atoms with E-state index in [2.05, 4.69) is 0 Å². The van der Waals surface area contributed by atoms with E-state index in [1.54, 1.807) is 13.8 Å². The number of carbonyl (C=O) groups is 1. The Hall–Kier alpha value is -1.47. The van der Waals surface area contributed by atoms with Crippen LogP contribution in [0.2, 0.25) is 0 Å². The molecule has 2 rings (SSSR count). The predicted molar refractivity (Wildman–Crippen MR) is 89.3 cm³/mol. The number of amides is 1. The molecule has 1 aliphatic heterocycles. The Morgan fingerprint density at radius 1 is 1.04 bits per heavy atom. The van der Waals surface area contributed by atoms with E-state index < -0.39 is 35.9 Å². The van der Waals surface area contributed by atoms with Gasteiger partial charge in [-0.2, -0.15) is 0 Å². The monoisotopic (exact) mass is 339 g/mol. The van der Waals surface area contributed by atoms with Gasteiger partial charge in [0.05, 0.1) is 16.8 Å². The summed E-state index contributed by atoms with van der Waals surface area (Å²) in [7, 11) is -1.01. The quantitative estimate of drug-likeness (QED) is 0.792. The fourth-order valence-corrected chi connectivity index (χ4v) is 2.56. The Morgan fingerprint density at radius 3 is 2.00 bits per heavy atom. The summed E-state index contributed by atoms with van der Waals surface area (Å²) in [5.74, 6) is -2.03. The van der Waals surface area contributed by atoms with Crippen LogP contribution in [0.4, 0.5) is 8.78 Å². The van der Waals surface area contributed by atoms with E-state index in [1.807, 2.05) is 27.7 Å². The SMILES string of the molecule is CCN(CC)C(=O)c1cc(F)c(B2OC(C)(C)C(C)(C)O2)cc1F. The number of halogens is 2. The molecule has 0 bridgehead atoms. The average Bonchev–Trinajstić information content (AvgIpc) is 2.70. The maximum Gasteiger partial charge on any atom is 0.497 e. The molecule has 1 aromatic rings. The molecule has 0 atom stereocenters. The standard InChI is InChI=1S/C17H24BF2NO3/c1-7-21(8-2)15(22)11-9-14(20)12(10-13(11)19)18-23-16(3,4)17(5,6)24-18/h9-10H,7-8H2,1-6H3. The lowest BCUT2D eigenvalue weighted by Gasteiger charge is -2.32. The van der Waals surface area contributed by atoms with Crippen LogP contribution < -0.4 is 5.46 Å². The van der Waals surface area contributed by atoms with Crippen molar-refractivity contribution in [1.82, 2.24) is 4.90 Å². The zero-order chi connectivity index (χ0) is 18.3. The third-order valence-corrected chi connectivity index (χ3v) is 4.87. The van der Waals surface area contributed by atoms with Crippen molar-refractivity contribution in [2.75, 3.05) is 13.1 Å². The van der Waals surface area contributed by atoms with E-state index in [-0.39, 0.29) is 11.0 Å². The third kappa shape index (κ3) is 3.19. The molecule has 1 aromatic carbocycles. The van der Waals surface area contributed by atoms with Crippen LogP contribution in [0.25, 0.3) is 0 Å². The molecule has 7 heteroatoms. The molecule has 1 aliphatic rings. The van der Waals surface area contributed by atoms with Crippen LogP contribution in [0.1, 0.15) is 51.9 Å². The van der Waals surface area contributed by atoms with Crippen molar-refractivity contribution in [3.05, 3.63) is 29.3 Å². The fraction of sp³-hybridized carbons (Fsp3) is 0.588. The highest BCUT2D eigenvalue weighted by atomic mass is 19.1. The Kier molecular flexibility index (Phi) is 5.07. The van der Waals surface area contributed by atoms with Gasteiger partial charge in [0.1, 0.15) is 11.6 Å². The van der Waals surface area contributed by atoms with Gasteiger partial charge in [0.2, 0.25) is 0 Å². The lowest BCUT2D eigenvalue weighted by atomic mass is 9.78. The normalized spacial score (nSPS) is 18.8. The predicted octanol–water partition coefficient (Wildman–Crippen LogP) is 2.75. The van der Waals surface area contributed by atoms with Crippen LogP contribution >= 0.6 is 0 Å². The van der Waals surface area contributed by atoms with E-state index in [4.69, 9.17) is 9.31 Å². The van der Waals surface area contributed by atoms with E-state index >= 15 is 0 Å². The summed E-state index contributed by atoms with van der Waals surface area (Å²) in [5, 5.41) is 0. The summed E-state index contributed by atoms with van der Waals surface area (Å²) in [6.07, 6.45) is 0. The van der Waals surface area contributed by atoms with Gasteiger partial charge in [-0.15, -0.1) is 0 Å². The highest BCUT2D eigenvalue weighted by Crippen LogP contribution is 2.36. The Morgan fingerprint density at radius 2 is 1.54 bits per heavy atom. The van der Waals surface area contributed by atoms with Crippen LogP contribution in [0.5, 0.6) is 0 Å². The van der Waals surface area contributed by atoms with E-state index in [1.165, 1.54) is 4.90 Å². The molecular weight excluding hydrogens is 315 g/mol. The van der Waals surface area contributed by atoms with Crippen LogP contribution in [0, 0.1) is 11.6 Å². The fourth-order valence-electron chi connectivity index (χ4n) is 2.56. The Bertz CT molecular complexity index is 629. The number of benzene rings is 1. The molecule has 0 spiro atoms. The second kappa shape index (κ2) is 6.45. The molecule has 1 heterocycles. The minimum Gasteiger partial charge on any atom is -0.399 e. The topological polar surface area (TPSA) is 38.8 Å². The largest absolute Gasteiger partial charge is 0.497 e. The van der Waals surface area contributed by atoms with Crippen molar-refractivity contribution in [1.29, 1.82) is 0 Å². The average molecular weight is 339 g/mol. The van der Waals surface area contributed by atoms with Gasteiger partial charge in [0.15, 0.2) is 0 Å². The molecule has 4 nitrogen and oxygen atoms in total. The van der Waals surface area contributed by atoms with Gasteiger partial charge in [0, 0.05) is 18.6 Å². The van der Waals surface area contributed by atoms with Gasteiger partial charge in [-0.3, -0.25) is 4.79 Å². The first-order valence-electron chi connectivity index (χ1n) is 8.18. The zero-order valence-corrected chi connectivity index (χ0v) is 15.1. The lowest BCUT2D eigenvalue weighted by molar-refractivity contribution is 0.00578. The molecular formula is C17H24BF2NO3. The summed E-state index contributed by atoms with van der Waals surface area (Å²) in [5.41, 5.74) is -1.63. The van der Waals surface area contributed by atoms with Crippen LogP contribution in [-0.2, 0) is 9.31 Å². The molecule has 0 aliphatic carbocycles. The van der Waals surface area contributed by atoms with Crippen molar-refractivity contribution in [3.63, 3.8) is 0 Å². The molecule has 132 valence electrons. The number of hydrogen-bond acceptors (Lipinski definition) is 3. The van der Waals surface area contributed by atoms with Crippen molar-refractivity contribution < 1.29 is 22.9 Å². The highest BCUT2D eigenvalue weighted by molar-refractivity contribution is 6.62. The molecule has 0 radical (unpaired) electrons. The molecule has 0 unspecified atom stereocenters. The molecule has 1 fully saturated rings. The van der Waals surface area contributed by atoms with Crippen molar-refractivity contribution >= 4 is 18.5 Å². The molecule has 0 aromatic heterocycles. The molecule has 0 saturated carbocycles. The minimum absolute atomic E-state index is 0.0396. The summed E-state index contributed by atoms with van der Waals surface area (Å²) < 4.78 is 40.5. The van der Waals surface area contributed by atoms with Gasteiger partial charge in [-0.05, 0) is 53.7 Å². The maximum absolute atomic E-state index is 14.5. The van der Waals surface area contributed by atoms with Gasteiger partial charge >= 0.3 is 7.12 Å². The van der Waals surface area contributed by atoms with Gasteiger partial charge in [-0.1, -0.05) is 0 Å². The van der Waals surface area contributed by atoms with Crippen LogP contribution in [0.3, 0.4) is 0 Å². The number of carbonyl (C=O) groups excluding carboxylic acids is 1. The first-order chi connectivity index (χ1) is 11.0. The van der Waals surface area contributed by atoms with Crippen LogP contribution in [0.15, 0.2) is 12.1 Å². The summed E-state index contributed by atoms with van der Waals surface area (Å²) in [4.78, 5) is 13.7. The van der Waals surface area contributed by atoms with Crippen LogP contribution in [-0.4, -0.2) is 42.2 Å². The lowest BCUT2D eigenvalue weighted by Crippen LogP contribution is -2.41. The summed E-state index contributed by atoms with van der Waals surface area (Å²) in [6.45, 7) is 11.8. The second-order valence-corrected chi connectivity index (χ2v) is 6.92. The number of rotatable bonds is 4. The minimum atomic E-state index is -1.01. The molecule has 0 N–H and O–H groups in total. The van der Waals surface area contributed by atoms with Crippen molar-refractivity contribution in [2.24, 2.45) is 0 Å². The first kappa shape index (κ1) is 18.9. The second-order valence-electron chi connectivity index (χ2n) is 6.92. The van der Waals surface area contributed by atoms with Crippen molar-refractivity contribution in [3.8, 4) is 0 Å². The molecule has 24 heavy (non-hydrogen) atoms.